The van der Waals surface area contributed by atoms with Crippen LogP contribution in [-0.2, 0) is 16.2 Å². The van der Waals surface area contributed by atoms with Gasteiger partial charge >= 0.3 is 5.97 Å². The minimum atomic E-state index is -1.01. The molecule has 0 aliphatic carbocycles. The Balaban J connectivity index is 1.36. The Morgan fingerprint density at radius 2 is 1.78 bits per heavy atom. The molecule has 1 saturated heterocycles. The largest absolute Gasteiger partial charge is 0.489 e. The van der Waals surface area contributed by atoms with Crippen molar-refractivity contribution in [2.75, 3.05) is 11.9 Å². The number of hydrogen-bond acceptors (Lipinski definition) is 6. The van der Waals surface area contributed by atoms with E-state index in [-0.39, 0.29) is 17.1 Å². The highest BCUT2D eigenvalue weighted by molar-refractivity contribution is 8.18. The maximum atomic E-state index is 12.7. The van der Waals surface area contributed by atoms with Gasteiger partial charge in [0, 0.05) is 0 Å². The quantitative estimate of drug-likeness (QED) is 0.386. The Morgan fingerprint density at radius 3 is 2.50 bits per heavy atom. The fourth-order valence-corrected chi connectivity index (χ4v) is 4.33. The number of anilines is 1. The average molecular weight is 523 g/mol. The maximum Gasteiger partial charge on any atom is 0.335 e. The zero-order valence-corrected chi connectivity index (χ0v) is 20.2. The third-order valence-corrected chi connectivity index (χ3v) is 6.32. The first-order chi connectivity index (χ1) is 17.3. The minimum Gasteiger partial charge on any atom is -0.489 e. The van der Waals surface area contributed by atoms with Crippen molar-refractivity contribution >= 4 is 58.1 Å². The van der Waals surface area contributed by atoms with Crippen molar-refractivity contribution in [3.05, 3.63) is 99.4 Å². The molecule has 8 nitrogen and oxygen atoms in total. The molecule has 0 radical (unpaired) electrons. The second kappa shape index (κ2) is 11.1. The molecule has 3 amide bonds. The van der Waals surface area contributed by atoms with Crippen molar-refractivity contribution in [3.63, 3.8) is 0 Å². The molecule has 0 aromatic heterocycles. The Labute approximate surface area is 215 Å². The molecule has 3 aromatic rings. The second-order valence-corrected chi connectivity index (χ2v) is 9.06. The van der Waals surface area contributed by atoms with Gasteiger partial charge < -0.3 is 15.2 Å². The molecule has 3 aromatic carbocycles. The monoisotopic (exact) mass is 522 g/mol. The van der Waals surface area contributed by atoms with Crippen molar-refractivity contribution in [2.45, 2.75) is 6.61 Å². The number of ether oxygens (including phenoxy) is 1. The number of para-hydroxylation sites is 1. The summed E-state index contributed by atoms with van der Waals surface area (Å²) in [6, 6.07) is 20.0. The van der Waals surface area contributed by atoms with E-state index in [2.05, 4.69) is 5.32 Å². The molecule has 0 bridgehead atoms. The molecule has 4 rings (SSSR count). The second-order valence-electron chi connectivity index (χ2n) is 7.66. The van der Waals surface area contributed by atoms with E-state index < -0.39 is 29.6 Å². The molecule has 1 fully saturated rings. The number of amides is 3. The highest BCUT2D eigenvalue weighted by atomic mass is 35.5. The van der Waals surface area contributed by atoms with Gasteiger partial charge in [-0.15, -0.1) is 0 Å². The standard InChI is InChI=1S/C26H19ClN2O6S/c27-20-6-1-2-7-21(20)28-23(30)14-29-24(31)22(36-26(29)34)13-16-8-10-19(11-9-16)35-15-17-4-3-5-18(12-17)25(32)33/h1-13H,14-15H2,(H,28,30)(H,32,33)/b22-13+. The lowest BCUT2D eigenvalue weighted by Gasteiger charge is -2.13. The van der Waals surface area contributed by atoms with Crippen LogP contribution in [0.5, 0.6) is 5.75 Å². The van der Waals surface area contributed by atoms with Gasteiger partial charge in [0.05, 0.1) is 21.2 Å². The maximum absolute atomic E-state index is 12.7. The van der Waals surface area contributed by atoms with E-state index in [1.807, 2.05) is 0 Å². The third-order valence-electron chi connectivity index (χ3n) is 5.08. The number of carbonyl (C=O) groups is 4. The molecule has 0 saturated carbocycles. The van der Waals surface area contributed by atoms with Gasteiger partial charge in [0.2, 0.25) is 5.91 Å². The normalized spacial score (nSPS) is 14.2. The summed E-state index contributed by atoms with van der Waals surface area (Å²) in [4.78, 5) is 49.6. The van der Waals surface area contributed by atoms with Crippen LogP contribution in [0.1, 0.15) is 21.5 Å². The van der Waals surface area contributed by atoms with Crippen LogP contribution < -0.4 is 10.1 Å². The molecule has 1 aliphatic heterocycles. The van der Waals surface area contributed by atoms with Crippen LogP contribution >= 0.6 is 23.4 Å². The van der Waals surface area contributed by atoms with E-state index in [1.54, 1.807) is 72.8 Å². The first-order valence-electron chi connectivity index (χ1n) is 10.6. The Kier molecular flexibility index (Phi) is 7.72. The molecule has 182 valence electrons. The van der Waals surface area contributed by atoms with Gasteiger partial charge in [-0.25, -0.2) is 4.79 Å². The van der Waals surface area contributed by atoms with Crippen molar-refractivity contribution in [3.8, 4) is 5.75 Å². The topological polar surface area (TPSA) is 113 Å². The van der Waals surface area contributed by atoms with Crippen LogP contribution in [-0.4, -0.2) is 39.6 Å². The van der Waals surface area contributed by atoms with Crippen LogP contribution in [0, 0.1) is 0 Å². The molecule has 36 heavy (non-hydrogen) atoms. The number of carboxylic acids is 1. The first-order valence-corrected chi connectivity index (χ1v) is 11.8. The molecule has 0 atom stereocenters. The van der Waals surface area contributed by atoms with Crippen LogP contribution in [0.3, 0.4) is 0 Å². The third kappa shape index (κ3) is 6.12. The Bertz CT molecular complexity index is 1370. The number of aromatic carboxylic acids is 1. The number of hydrogen-bond donors (Lipinski definition) is 2. The van der Waals surface area contributed by atoms with Gasteiger partial charge in [0.1, 0.15) is 18.9 Å². The summed E-state index contributed by atoms with van der Waals surface area (Å²) in [7, 11) is 0. The SMILES string of the molecule is O=C(CN1C(=O)S/C(=C/c2ccc(OCc3cccc(C(=O)O)c3)cc2)C1=O)Nc1ccccc1Cl. The molecule has 1 aliphatic rings. The molecule has 0 spiro atoms. The van der Waals surface area contributed by atoms with E-state index in [0.717, 1.165) is 16.7 Å². The lowest BCUT2D eigenvalue weighted by Crippen LogP contribution is -2.36. The summed E-state index contributed by atoms with van der Waals surface area (Å²) in [6.45, 7) is -0.237. The van der Waals surface area contributed by atoms with Crippen molar-refractivity contribution in [1.82, 2.24) is 4.90 Å². The van der Waals surface area contributed by atoms with Gasteiger partial charge in [-0.1, -0.05) is 48.0 Å². The lowest BCUT2D eigenvalue weighted by molar-refractivity contribution is -0.127. The van der Waals surface area contributed by atoms with E-state index in [4.69, 9.17) is 21.4 Å². The van der Waals surface area contributed by atoms with Crippen LogP contribution in [0.2, 0.25) is 5.02 Å². The van der Waals surface area contributed by atoms with Gasteiger partial charge in [0.25, 0.3) is 11.1 Å². The highest BCUT2D eigenvalue weighted by Crippen LogP contribution is 2.32. The zero-order chi connectivity index (χ0) is 25.7. The summed E-state index contributed by atoms with van der Waals surface area (Å²) in [5.41, 5.74) is 1.96. The predicted molar refractivity (Wildman–Crippen MR) is 137 cm³/mol. The van der Waals surface area contributed by atoms with Crippen LogP contribution in [0.25, 0.3) is 6.08 Å². The Hall–Kier alpha value is -4.08. The van der Waals surface area contributed by atoms with E-state index in [0.29, 0.717) is 27.6 Å². The number of carboxylic acid groups (broad SMARTS) is 1. The predicted octanol–water partition coefficient (Wildman–Crippen LogP) is 5.29. The number of rotatable bonds is 8. The van der Waals surface area contributed by atoms with Gasteiger partial charge in [-0.3, -0.25) is 19.3 Å². The lowest BCUT2D eigenvalue weighted by atomic mass is 10.1. The molecule has 2 N–H and O–H groups in total. The van der Waals surface area contributed by atoms with Crippen molar-refractivity contribution in [1.29, 1.82) is 0 Å². The highest BCUT2D eigenvalue weighted by Gasteiger charge is 2.36. The number of thioether (sulfide) groups is 1. The smallest absolute Gasteiger partial charge is 0.335 e. The number of nitrogens with one attached hydrogen (secondary N) is 1. The van der Waals surface area contributed by atoms with Crippen LogP contribution in [0.15, 0.2) is 77.7 Å². The molecule has 10 heteroatoms. The Morgan fingerprint density at radius 1 is 1.03 bits per heavy atom. The van der Waals surface area contributed by atoms with Gasteiger partial charge in [-0.05, 0) is 65.4 Å². The molecule has 1 heterocycles. The fraction of sp³-hybridized carbons (Fsp3) is 0.0769. The summed E-state index contributed by atoms with van der Waals surface area (Å²) < 4.78 is 5.71. The van der Waals surface area contributed by atoms with E-state index >= 15 is 0 Å². The average Bonchev–Trinajstić information content (AvgIpc) is 3.12. The van der Waals surface area contributed by atoms with Gasteiger partial charge in [0.15, 0.2) is 0 Å². The van der Waals surface area contributed by atoms with E-state index in [1.165, 1.54) is 6.07 Å². The minimum absolute atomic E-state index is 0.182. The molecular formula is C26H19ClN2O6S. The number of carbonyl (C=O) groups excluding carboxylic acids is 3. The number of halogens is 1. The number of nitrogens with zero attached hydrogens (tertiary/aromatic N) is 1. The van der Waals surface area contributed by atoms with Gasteiger partial charge in [-0.2, -0.15) is 0 Å². The first kappa shape index (κ1) is 25.0. The number of benzene rings is 3. The summed E-state index contributed by atoms with van der Waals surface area (Å²) in [6.07, 6.45) is 1.57. The van der Waals surface area contributed by atoms with Crippen molar-refractivity contribution in [2.24, 2.45) is 0 Å². The summed E-state index contributed by atoms with van der Waals surface area (Å²) >= 11 is 6.79. The fourth-order valence-electron chi connectivity index (χ4n) is 3.30. The summed E-state index contributed by atoms with van der Waals surface area (Å²) in [5.74, 6) is -1.55. The zero-order valence-electron chi connectivity index (χ0n) is 18.6. The number of imide groups is 1. The van der Waals surface area contributed by atoms with E-state index in [9.17, 15) is 19.2 Å². The summed E-state index contributed by atoms with van der Waals surface area (Å²) in [5, 5.41) is 11.5. The van der Waals surface area contributed by atoms with Crippen molar-refractivity contribution < 1.29 is 29.0 Å². The molecule has 0 unspecified atom stereocenters. The van der Waals surface area contributed by atoms with Crippen LogP contribution in [0.4, 0.5) is 10.5 Å². The molecular weight excluding hydrogens is 504 g/mol.